The van der Waals surface area contributed by atoms with E-state index in [0.29, 0.717) is 16.1 Å². The Labute approximate surface area is 171 Å². The van der Waals surface area contributed by atoms with E-state index in [9.17, 15) is 9.59 Å². The highest BCUT2D eigenvalue weighted by Crippen LogP contribution is 2.31. The number of ether oxygens (including phenoxy) is 2. The standard InChI is InChI=1S/C20H18Cl2N2O4/c1-27-19(25)14(20(26)28-11-12-5-3-2-4-6-12)7-13-8-17(22)18-16(10-23-24-18)15(13)9-21/h2-6,8,10,14H,7,9,11H2,1H3,(H,23,24)/t14-/m1/s1. The highest BCUT2D eigenvalue weighted by atomic mass is 35.5. The third-order valence-corrected chi connectivity index (χ3v) is 5.01. The molecule has 0 aliphatic rings. The summed E-state index contributed by atoms with van der Waals surface area (Å²) in [5.41, 5.74) is 2.90. The van der Waals surface area contributed by atoms with Gasteiger partial charge in [-0.25, -0.2) is 0 Å². The molecule has 0 radical (unpaired) electrons. The number of fused-ring (bicyclic) bond motifs is 1. The molecule has 1 aromatic heterocycles. The monoisotopic (exact) mass is 420 g/mol. The Morgan fingerprint density at radius 3 is 2.64 bits per heavy atom. The Bertz CT molecular complexity index is 989. The lowest BCUT2D eigenvalue weighted by Crippen LogP contribution is -2.29. The zero-order chi connectivity index (χ0) is 20.1. The Kier molecular flexibility index (Phi) is 6.54. The molecule has 3 aromatic rings. The second kappa shape index (κ2) is 9.08. The molecule has 8 heteroatoms. The average Bonchev–Trinajstić information content (AvgIpc) is 3.21. The summed E-state index contributed by atoms with van der Waals surface area (Å²) < 4.78 is 10.1. The Morgan fingerprint density at radius 2 is 1.96 bits per heavy atom. The summed E-state index contributed by atoms with van der Waals surface area (Å²) in [6, 6.07) is 10.9. The van der Waals surface area contributed by atoms with Crippen LogP contribution >= 0.6 is 23.2 Å². The van der Waals surface area contributed by atoms with Crippen molar-refractivity contribution in [3.05, 3.63) is 64.3 Å². The van der Waals surface area contributed by atoms with Gasteiger partial charge in [0.1, 0.15) is 6.61 Å². The summed E-state index contributed by atoms with van der Waals surface area (Å²) in [4.78, 5) is 24.9. The molecule has 1 N–H and O–H groups in total. The minimum atomic E-state index is -1.13. The van der Waals surface area contributed by atoms with Crippen molar-refractivity contribution < 1.29 is 19.1 Å². The molecule has 1 heterocycles. The zero-order valence-corrected chi connectivity index (χ0v) is 16.6. The van der Waals surface area contributed by atoms with Crippen molar-refractivity contribution in [2.75, 3.05) is 7.11 Å². The average molecular weight is 421 g/mol. The first-order chi connectivity index (χ1) is 13.5. The summed E-state index contributed by atoms with van der Waals surface area (Å²) in [6.07, 6.45) is 1.67. The Balaban J connectivity index is 1.85. The van der Waals surface area contributed by atoms with E-state index in [-0.39, 0.29) is 18.9 Å². The number of rotatable bonds is 7. The van der Waals surface area contributed by atoms with E-state index in [1.807, 2.05) is 30.3 Å². The number of methoxy groups -OCH3 is 1. The van der Waals surface area contributed by atoms with Gasteiger partial charge < -0.3 is 9.47 Å². The minimum absolute atomic E-state index is 0.0587. The van der Waals surface area contributed by atoms with E-state index < -0.39 is 17.9 Å². The normalized spacial score (nSPS) is 12.0. The van der Waals surface area contributed by atoms with Crippen molar-refractivity contribution in [3.63, 3.8) is 0 Å². The van der Waals surface area contributed by atoms with Crippen LogP contribution in [-0.4, -0.2) is 29.2 Å². The maximum atomic E-state index is 12.6. The largest absolute Gasteiger partial charge is 0.468 e. The summed E-state index contributed by atoms with van der Waals surface area (Å²) in [7, 11) is 1.23. The molecular weight excluding hydrogens is 403 g/mol. The molecule has 6 nitrogen and oxygen atoms in total. The first-order valence-corrected chi connectivity index (χ1v) is 9.44. The van der Waals surface area contributed by atoms with Crippen LogP contribution in [0.25, 0.3) is 10.9 Å². The van der Waals surface area contributed by atoms with Gasteiger partial charge in [0.25, 0.3) is 0 Å². The first-order valence-electron chi connectivity index (χ1n) is 8.52. The molecule has 1 atom stereocenters. The molecule has 0 unspecified atom stereocenters. The topological polar surface area (TPSA) is 81.3 Å². The van der Waals surface area contributed by atoms with Crippen LogP contribution in [0.3, 0.4) is 0 Å². The smallest absolute Gasteiger partial charge is 0.321 e. The molecular formula is C20H18Cl2N2O4. The number of aromatic amines is 1. The third kappa shape index (κ3) is 4.29. The number of hydrogen-bond acceptors (Lipinski definition) is 5. The van der Waals surface area contributed by atoms with Gasteiger partial charge in [-0.1, -0.05) is 41.9 Å². The highest BCUT2D eigenvalue weighted by molar-refractivity contribution is 6.35. The second-order valence-corrected chi connectivity index (χ2v) is 6.84. The van der Waals surface area contributed by atoms with Gasteiger partial charge in [-0.15, -0.1) is 11.6 Å². The van der Waals surface area contributed by atoms with Crippen LogP contribution in [0.15, 0.2) is 42.6 Å². The molecule has 3 rings (SSSR count). The molecule has 0 amide bonds. The van der Waals surface area contributed by atoms with Crippen molar-refractivity contribution in [1.29, 1.82) is 0 Å². The van der Waals surface area contributed by atoms with Crippen LogP contribution in [0.5, 0.6) is 0 Å². The number of halogens is 2. The predicted octanol–water partition coefficient (Wildman–Crippen LogP) is 4.03. The zero-order valence-electron chi connectivity index (χ0n) is 15.1. The van der Waals surface area contributed by atoms with Gasteiger partial charge >= 0.3 is 11.9 Å². The van der Waals surface area contributed by atoms with E-state index in [4.69, 9.17) is 32.7 Å². The molecule has 2 aromatic carbocycles. The fraction of sp³-hybridized carbons (Fsp3) is 0.250. The van der Waals surface area contributed by atoms with Crippen LogP contribution < -0.4 is 0 Å². The van der Waals surface area contributed by atoms with Crippen LogP contribution in [0, 0.1) is 5.92 Å². The van der Waals surface area contributed by atoms with Gasteiger partial charge in [0.15, 0.2) is 5.92 Å². The molecule has 0 aliphatic heterocycles. The van der Waals surface area contributed by atoms with E-state index >= 15 is 0 Å². The maximum absolute atomic E-state index is 12.6. The van der Waals surface area contributed by atoms with Crippen LogP contribution in [0.2, 0.25) is 5.02 Å². The lowest BCUT2D eigenvalue weighted by Gasteiger charge is -2.17. The van der Waals surface area contributed by atoms with Gasteiger partial charge in [0.05, 0.1) is 23.8 Å². The summed E-state index contributed by atoms with van der Waals surface area (Å²) in [5.74, 6) is -2.30. The third-order valence-electron chi connectivity index (χ3n) is 4.44. The highest BCUT2D eigenvalue weighted by Gasteiger charge is 2.31. The number of H-pyrrole nitrogens is 1. The summed E-state index contributed by atoms with van der Waals surface area (Å²) >= 11 is 12.4. The van der Waals surface area contributed by atoms with Crippen LogP contribution in [0.4, 0.5) is 0 Å². The lowest BCUT2D eigenvalue weighted by molar-refractivity contribution is -0.161. The van der Waals surface area contributed by atoms with Crippen molar-refractivity contribution in [2.45, 2.75) is 18.9 Å². The fourth-order valence-corrected chi connectivity index (χ4v) is 3.57. The van der Waals surface area contributed by atoms with Crippen LogP contribution in [0.1, 0.15) is 16.7 Å². The van der Waals surface area contributed by atoms with E-state index in [0.717, 1.165) is 16.5 Å². The summed E-state index contributed by atoms with van der Waals surface area (Å²) in [5, 5.41) is 7.98. The van der Waals surface area contributed by atoms with Crippen molar-refractivity contribution in [1.82, 2.24) is 10.2 Å². The van der Waals surface area contributed by atoms with Gasteiger partial charge in [-0.05, 0) is 29.2 Å². The SMILES string of the molecule is COC(=O)[C@@H](Cc1cc(Cl)c2[nH]ncc2c1CCl)C(=O)OCc1ccccc1. The number of aromatic nitrogens is 2. The molecule has 0 spiro atoms. The molecule has 0 bridgehead atoms. The predicted molar refractivity (Wildman–Crippen MR) is 106 cm³/mol. The van der Waals surface area contributed by atoms with Gasteiger partial charge in [-0.3, -0.25) is 14.7 Å². The first kappa shape index (κ1) is 20.2. The molecule has 28 heavy (non-hydrogen) atoms. The Morgan fingerprint density at radius 1 is 1.21 bits per heavy atom. The minimum Gasteiger partial charge on any atom is -0.468 e. The number of carbonyl (C=O) groups excluding carboxylic acids is 2. The molecule has 0 fully saturated rings. The number of carbonyl (C=O) groups is 2. The maximum Gasteiger partial charge on any atom is 0.321 e. The number of alkyl halides is 1. The van der Waals surface area contributed by atoms with Crippen molar-refractivity contribution in [2.24, 2.45) is 5.92 Å². The molecule has 0 saturated heterocycles. The molecule has 0 saturated carbocycles. The quantitative estimate of drug-likeness (QED) is 0.354. The van der Waals surface area contributed by atoms with Gasteiger partial charge in [-0.2, -0.15) is 5.10 Å². The number of benzene rings is 2. The van der Waals surface area contributed by atoms with Crippen LogP contribution in [-0.2, 0) is 38.0 Å². The van der Waals surface area contributed by atoms with E-state index in [1.165, 1.54) is 7.11 Å². The fourth-order valence-electron chi connectivity index (χ4n) is 2.98. The number of esters is 2. The summed E-state index contributed by atoms with van der Waals surface area (Å²) in [6.45, 7) is 0.0665. The number of nitrogens with one attached hydrogen (secondary N) is 1. The van der Waals surface area contributed by atoms with E-state index in [2.05, 4.69) is 10.2 Å². The van der Waals surface area contributed by atoms with E-state index in [1.54, 1.807) is 12.3 Å². The van der Waals surface area contributed by atoms with Gasteiger partial charge in [0, 0.05) is 11.3 Å². The number of nitrogens with zero attached hydrogens (tertiary/aromatic N) is 1. The Hall–Kier alpha value is -2.57. The lowest BCUT2D eigenvalue weighted by atomic mass is 9.94. The molecule has 146 valence electrons. The van der Waals surface area contributed by atoms with Crippen molar-refractivity contribution >= 4 is 46.0 Å². The van der Waals surface area contributed by atoms with Crippen molar-refractivity contribution in [3.8, 4) is 0 Å². The second-order valence-electron chi connectivity index (χ2n) is 6.16. The molecule has 0 aliphatic carbocycles. The number of hydrogen-bond donors (Lipinski definition) is 1. The van der Waals surface area contributed by atoms with Gasteiger partial charge in [0.2, 0.25) is 0 Å².